The Balaban J connectivity index is 1.76. The summed E-state index contributed by atoms with van der Waals surface area (Å²) in [4.78, 5) is 6.33. The number of rotatable bonds is 5. The van der Waals surface area contributed by atoms with Gasteiger partial charge < -0.3 is 14.7 Å². The summed E-state index contributed by atoms with van der Waals surface area (Å²) in [6.07, 6.45) is 4.05. The van der Waals surface area contributed by atoms with Crippen molar-refractivity contribution in [2.75, 3.05) is 26.2 Å². The van der Waals surface area contributed by atoms with Gasteiger partial charge in [-0.3, -0.25) is 4.98 Å². The van der Waals surface area contributed by atoms with Crippen molar-refractivity contribution >= 4 is 0 Å². The van der Waals surface area contributed by atoms with Crippen LogP contribution in [-0.4, -0.2) is 47.3 Å². The molecule has 0 aromatic carbocycles. The van der Waals surface area contributed by atoms with E-state index in [2.05, 4.69) is 16.8 Å². The zero-order valence-electron chi connectivity index (χ0n) is 10.2. The van der Waals surface area contributed by atoms with E-state index in [1.165, 1.54) is 0 Å². The van der Waals surface area contributed by atoms with E-state index in [-0.39, 0.29) is 6.10 Å². The third-order valence-electron chi connectivity index (χ3n) is 3.36. The first kappa shape index (κ1) is 12.3. The fraction of sp³-hybridized carbons (Fsp3) is 0.615. The molecule has 17 heavy (non-hydrogen) atoms. The highest BCUT2D eigenvalue weighted by molar-refractivity contribution is 5.15. The molecule has 2 atom stereocenters. The van der Waals surface area contributed by atoms with Gasteiger partial charge in [-0.15, -0.1) is 0 Å². The van der Waals surface area contributed by atoms with Crippen molar-refractivity contribution in [2.45, 2.75) is 19.4 Å². The van der Waals surface area contributed by atoms with E-state index in [1.54, 1.807) is 12.4 Å². The highest BCUT2D eigenvalue weighted by Gasteiger charge is 2.27. The van der Waals surface area contributed by atoms with Crippen LogP contribution in [-0.2, 0) is 0 Å². The number of hydrogen-bond donors (Lipinski definition) is 1. The topological polar surface area (TPSA) is 45.6 Å². The molecule has 94 valence electrons. The molecule has 4 nitrogen and oxygen atoms in total. The van der Waals surface area contributed by atoms with Gasteiger partial charge in [0.2, 0.25) is 0 Å². The summed E-state index contributed by atoms with van der Waals surface area (Å²) in [6.45, 7) is 5.64. The number of pyridine rings is 1. The molecule has 0 spiro atoms. The number of ether oxygens (including phenoxy) is 1. The molecule has 2 heterocycles. The molecule has 0 saturated carbocycles. The van der Waals surface area contributed by atoms with Crippen LogP contribution < -0.4 is 4.74 Å². The number of hydrogen-bond acceptors (Lipinski definition) is 4. The van der Waals surface area contributed by atoms with Crippen LogP contribution in [0.15, 0.2) is 24.5 Å². The van der Waals surface area contributed by atoms with Crippen LogP contribution in [0.3, 0.4) is 0 Å². The van der Waals surface area contributed by atoms with Crippen LogP contribution in [0.5, 0.6) is 5.75 Å². The van der Waals surface area contributed by atoms with E-state index in [1.807, 2.05) is 12.1 Å². The van der Waals surface area contributed by atoms with Crippen molar-refractivity contribution in [1.29, 1.82) is 0 Å². The fourth-order valence-electron chi connectivity index (χ4n) is 2.21. The molecule has 0 amide bonds. The second-order valence-corrected chi connectivity index (χ2v) is 4.51. The Hall–Kier alpha value is -1.13. The van der Waals surface area contributed by atoms with Crippen LogP contribution in [0.2, 0.25) is 0 Å². The molecule has 2 rings (SSSR count). The first-order chi connectivity index (χ1) is 8.29. The summed E-state index contributed by atoms with van der Waals surface area (Å²) in [5, 5.41) is 10.1. The maximum absolute atomic E-state index is 10.1. The molecule has 1 aliphatic rings. The Morgan fingerprint density at radius 1 is 1.65 bits per heavy atom. The molecule has 1 aromatic heterocycles. The minimum Gasteiger partial charge on any atom is -0.489 e. The van der Waals surface area contributed by atoms with E-state index >= 15 is 0 Å². The second-order valence-electron chi connectivity index (χ2n) is 4.51. The lowest BCUT2D eigenvalue weighted by Crippen LogP contribution is -2.30. The molecular weight excluding hydrogens is 216 g/mol. The Morgan fingerprint density at radius 2 is 2.53 bits per heavy atom. The molecule has 1 aromatic rings. The SMILES string of the molecule is CCN1CCC(C(O)COc2cccnc2)C1. The van der Waals surface area contributed by atoms with Crippen LogP contribution in [0.1, 0.15) is 13.3 Å². The molecule has 0 aliphatic carbocycles. The minimum atomic E-state index is -0.383. The molecule has 2 unspecified atom stereocenters. The summed E-state index contributed by atoms with van der Waals surface area (Å²) in [7, 11) is 0. The van der Waals surface area contributed by atoms with E-state index < -0.39 is 0 Å². The smallest absolute Gasteiger partial charge is 0.137 e. The number of aliphatic hydroxyl groups is 1. The monoisotopic (exact) mass is 236 g/mol. The summed E-state index contributed by atoms with van der Waals surface area (Å²) in [6, 6.07) is 3.68. The average molecular weight is 236 g/mol. The van der Waals surface area contributed by atoms with Gasteiger partial charge in [-0.2, -0.15) is 0 Å². The summed E-state index contributed by atoms with van der Waals surface area (Å²) in [5.74, 6) is 1.06. The van der Waals surface area contributed by atoms with Crippen molar-refractivity contribution in [3.8, 4) is 5.75 Å². The van der Waals surface area contributed by atoms with Gasteiger partial charge in [0.15, 0.2) is 0 Å². The van der Waals surface area contributed by atoms with Crippen LogP contribution in [0, 0.1) is 5.92 Å². The number of nitrogens with zero attached hydrogens (tertiary/aromatic N) is 2. The Kier molecular flexibility index (Phi) is 4.34. The maximum Gasteiger partial charge on any atom is 0.137 e. The molecule has 1 fully saturated rings. The first-order valence-electron chi connectivity index (χ1n) is 6.23. The first-order valence-corrected chi connectivity index (χ1v) is 6.23. The van der Waals surface area contributed by atoms with Crippen LogP contribution >= 0.6 is 0 Å². The number of aliphatic hydroxyl groups excluding tert-OH is 1. The Bertz CT molecular complexity index is 331. The van der Waals surface area contributed by atoms with Crippen molar-refractivity contribution in [3.05, 3.63) is 24.5 Å². The lowest BCUT2D eigenvalue weighted by atomic mass is 10.0. The van der Waals surface area contributed by atoms with Crippen molar-refractivity contribution in [1.82, 2.24) is 9.88 Å². The molecule has 1 saturated heterocycles. The Morgan fingerprint density at radius 3 is 3.18 bits per heavy atom. The average Bonchev–Trinajstić information content (AvgIpc) is 2.86. The zero-order chi connectivity index (χ0) is 12.1. The van der Waals surface area contributed by atoms with Crippen LogP contribution in [0.25, 0.3) is 0 Å². The predicted octanol–water partition coefficient (Wildman–Crippen LogP) is 1.16. The van der Waals surface area contributed by atoms with Crippen LogP contribution in [0.4, 0.5) is 0 Å². The van der Waals surface area contributed by atoms with Gasteiger partial charge in [-0.05, 0) is 31.6 Å². The normalized spacial score (nSPS) is 22.6. The quantitative estimate of drug-likeness (QED) is 0.833. The third-order valence-corrected chi connectivity index (χ3v) is 3.36. The largest absolute Gasteiger partial charge is 0.489 e. The van der Waals surface area contributed by atoms with Gasteiger partial charge in [0, 0.05) is 18.7 Å². The number of aromatic nitrogens is 1. The standard InChI is InChI=1S/C13H20N2O2/c1-2-15-7-5-11(9-15)13(16)10-17-12-4-3-6-14-8-12/h3-4,6,8,11,13,16H,2,5,7,9-10H2,1H3. The van der Waals surface area contributed by atoms with Gasteiger partial charge in [-0.1, -0.05) is 6.92 Å². The van der Waals surface area contributed by atoms with E-state index in [9.17, 15) is 5.11 Å². The van der Waals surface area contributed by atoms with Gasteiger partial charge in [0.25, 0.3) is 0 Å². The van der Waals surface area contributed by atoms with Crippen molar-refractivity contribution < 1.29 is 9.84 Å². The van der Waals surface area contributed by atoms with E-state index in [0.717, 1.165) is 31.8 Å². The summed E-state index contributed by atoms with van der Waals surface area (Å²) < 4.78 is 5.52. The lowest BCUT2D eigenvalue weighted by Gasteiger charge is -2.19. The van der Waals surface area contributed by atoms with Gasteiger partial charge in [0.1, 0.15) is 12.4 Å². The van der Waals surface area contributed by atoms with E-state index in [4.69, 9.17) is 4.74 Å². The molecular formula is C13H20N2O2. The summed E-state index contributed by atoms with van der Waals surface area (Å²) in [5.41, 5.74) is 0. The lowest BCUT2D eigenvalue weighted by molar-refractivity contribution is 0.0598. The molecule has 1 N–H and O–H groups in total. The van der Waals surface area contributed by atoms with Crippen molar-refractivity contribution in [2.24, 2.45) is 5.92 Å². The molecule has 0 bridgehead atoms. The van der Waals surface area contributed by atoms with Gasteiger partial charge >= 0.3 is 0 Å². The summed E-state index contributed by atoms with van der Waals surface area (Å²) >= 11 is 0. The fourth-order valence-corrected chi connectivity index (χ4v) is 2.21. The maximum atomic E-state index is 10.1. The molecule has 4 heteroatoms. The van der Waals surface area contributed by atoms with Gasteiger partial charge in [0.05, 0.1) is 12.3 Å². The van der Waals surface area contributed by atoms with E-state index in [0.29, 0.717) is 12.5 Å². The zero-order valence-corrected chi connectivity index (χ0v) is 10.2. The Labute approximate surface area is 102 Å². The highest BCUT2D eigenvalue weighted by atomic mass is 16.5. The van der Waals surface area contributed by atoms with Crippen molar-refractivity contribution in [3.63, 3.8) is 0 Å². The number of likely N-dealkylation sites (tertiary alicyclic amines) is 1. The third kappa shape index (κ3) is 3.41. The van der Waals surface area contributed by atoms with Gasteiger partial charge in [-0.25, -0.2) is 0 Å². The molecule has 0 radical (unpaired) electrons. The molecule has 1 aliphatic heterocycles. The highest BCUT2D eigenvalue weighted by Crippen LogP contribution is 2.20. The minimum absolute atomic E-state index is 0.339. The second kappa shape index (κ2) is 5.98. The predicted molar refractivity (Wildman–Crippen MR) is 66.0 cm³/mol.